The Morgan fingerprint density at radius 3 is 2.95 bits per heavy atom. The maximum absolute atomic E-state index is 5.99. The van der Waals surface area contributed by atoms with Crippen molar-refractivity contribution < 1.29 is 0 Å². The Kier molecular flexibility index (Phi) is 3.44. The van der Waals surface area contributed by atoms with Crippen LogP contribution in [0.5, 0.6) is 0 Å². The van der Waals surface area contributed by atoms with Crippen LogP contribution in [0.25, 0.3) is 5.65 Å². The number of thioether (sulfide) groups is 1. The smallest absolute Gasteiger partial charge is 0.195 e. The van der Waals surface area contributed by atoms with Gasteiger partial charge in [0, 0.05) is 22.1 Å². The van der Waals surface area contributed by atoms with Crippen LogP contribution in [0.2, 0.25) is 0 Å². The average Bonchev–Trinajstić information content (AvgIpc) is 2.81. The van der Waals surface area contributed by atoms with Crippen molar-refractivity contribution in [2.24, 2.45) is 0 Å². The molecule has 3 rings (SSSR count). The van der Waals surface area contributed by atoms with Crippen molar-refractivity contribution in [3.05, 3.63) is 52.6 Å². The molecule has 0 bridgehead atoms. The van der Waals surface area contributed by atoms with E-state index in [-0.39, 0.29) is 0 Å². The van der Waals surface area contributed by atoms with Crippen LogP contribution >= 0.6 is 27.7 Å². The summed E-state index contributed by atoms with van der Waals surface area (Å²) in [6, 6.07) is 11.8. The Labute approximate surface area is 123 Å². The summed E-state index contributed by atoms with van der Waals surface area (Å²) in [6.45, 7) is 0. The van der Waals surface area contributed by atoms with Gasteiger partial charge in [-0.25, -0.2) is 0 Å². The van der Waals surface area contributed by atoms with Crippen molar-refractivity contribution in [2.75, 3.05) is 5.73 Å². The molecule has 96 valence electrons. The molecule has 2 aromatic heterocycles. The van der Waals surface area contributed by atoms with Gasteiger partial charge in [-0.3, -0.25) is 4.40 Å². The number of rotatable bonds is 3. The number of benzene rings is 1. The Balaban J connectivity index is 1.82. The molecule has 0 saturated carbocycles. The fourth-order valence-corrected chi connectivity index (χ4v) is 3.08. The molecule has 6 heteroatoms. The third kappa shape index (κ3) is 2.59. The second-order valence-electron chi connectivity index (χ2n) is 4.04. The third-order valence-electron chi connectivity index (χ3n) is 2.75. The fraction of sp³-hybridized carbons (Fsp3) is 0.0769. The van der Waals surface area contributed by atoms with Gasteiger partial charge in [-0.05, 0) is 29.8 Å². The van der Waals surface area contributed by atoms with Gasteiger partial charge >= 0.3 is 0 Å². The molecule has 0 amide bonds. The van der Waals surface area contributed by atoms with Gasteiger partial charge in [-0.15, -0.1) is 10.2 Å². The van der Waals surface area contributed by atoms with Crippen LogP contribution in [0.15, 0.2) is 52.2 Å². The lowest BCUT2D eigenvalue weighted by Gasteiger charge is -2.05. The molecule has 0 atom stereocenters. The van der Waals surface area contributed by atoms with Gasteiger partial charge < -0.3 is 5.73 Å². The van der Waals surface area contributed by atoms with E-state index in [0.29, 0.717) is 0 Å². The minimum absolute atomic E-state index is 0.773. The summed E-state index contributed by atoms with van der Waals surface area (Å²) in [6.07, 6.45) is 1.96. The summed E-state index contributed by atoms with van der Waals surface area (Å²) in [5.41, 5.74) is 8.73. The van der Waals surface area contributed by atoms with E-state index >= 15 is 0 Å². The lowest BCUT2D eigenvalue weighted by Crippen LogP contribution is -1.93. The predicted molar refractivity (Wildman–Crippen MR) is 81.1 cm³/mol. The van der Waals surface area contributed by atoms with Gasteiger partial charge in [-0.1, -0.05) is 39.8 Å². The monoisotopic (exact) mass is 334 g/mol. The van der Waals surface area contributed by atoms with Crippen LogP contribution in [0.3, 0.4) is 0 Å². The highest BCUT2D eigenvalue weighted by molar-refractivity contribution is 9.10. The molecule has 0 unspecified atom stereocenters. The van der Waals surface area contributed by atoms with E-state index in [9.17, 15) is 0 Å². The topological polar surface area (TPSA) is 56.2 Å². The lowest BCUT2D eigenvalue weighted by atomic mass is 10.2. The number of fused-ring (bicyclic) bond motifs is 1. The van der Waals surface area contributed by atoms with E-state index in [0.717, 1.165) is 32.3 Å². The summed E-state index contributed by atoms with van der Waals surface area (Å²) < 4.78 is 2.96. The van der Waals surface area contributed by atoms with Gasteiger partial charge in [0.05, 0.1) is 0 Å². The van der Waals surface area contributed by atoms with Gasteiger partial charge in [0.25, 0.3) is 0 Å². The maximum Gasteiger partial charge on any atom is 0.195 e. The molecule has 0 fully saturated rings. The van der Waals surface area contributed by atoms with Crippen LogP contribution in [-0.4, -0.2) is 14.6 Å². The van der Waals surface area contributed by atoms with Crippen molar-refractivity contribution in [1.29, 1.82) is 0 Å². The summed E-state index contributed by atoms with van der Waals surface area (Å²) >= 11 is 5.03. The summed E-state index contributed by atoms with van der Waals surface area (Å²) in [4.78, 5) is 0. The quantitative estimate of drug-likeness (QED) is 0.589. The molecule has 0 radical (unpaired) electrons. The molecule has 0 aliphatic rings. The number of nitrogens with zero attached hydrogens (tertiary/aromatic N) is 3. The predicted octanol–water partition coefficient (Wildman–Crippen LogP) is 3.37. The van der Waals surface area contributed by atoms with Crippen molar-refractivity contribution in [1.82, 2.24) is 14.6 Å². The van der Waals surface area contributed by atoms with Crippen molar-refractivity contribution in [3.8, 4) is 0 Å². The molecule has 2 N–H and O–H groups in total. The normalized spacial score (nSPS) is 11.0. The van der Waals surface area contributed by atoms with E-state index in [2.05, 4.69) is 26.1 Å². The highest BCUT2D eigenvalue weighted by Crippen LogP contribution is 2.26. The molecule has 1 aromatic carbocycles. The summed E-state index contributed by atoms with van der Waals surface area (Å²) in [5.74, 6) is 0.773. The van der Waals surface area contributed by atoms with Gasteiger partial charge in [0.2, 0.25) is 0 Å². The first-order valence-corrected chi connectivity index (χ1v) is 7.48. The van der Waals surface area contributed by atoms with Crippen LogP contribution in [0.1, 0.15) is 5.56 Å². The second kappa shape index (κ2) is 5.22. The van der Waals surface area contributed by atoms with E-state index < -0.39 is 0 Å². The number of aromatic nitrogens is 3. The lowest BCUT2D eigenvalue weighted by molar-refractivity contribution is 0.921. The number of pyridine rings is 1. The van der Waals surface area contributed by atoms with E-state index in [1.807, 2.05) is 47.0 Å². The molecule has 0 aliphatic heterocycles. The Morgan fingerprint density at radius 2 is 2.11 bits per heavy atom. The highest BCUT2D eigenvalue weighted by Gasteiger charge is 2.07. The fourth-order valence-electron chi connectivity index (χ4n) is 1.76. The first-order valence-electron chi connectivity index (χ1n) is 5.70. The Hall–Kier alpha value is -1.53. The zero-order valence-corrected chi connectivity index (χ0v) is 12.4. The average molecular weight is 335 g/mol. The highest BCUT2D eigenvalue weighted by atomic mass is 79.9. The first-order chi connectivity index (χ1) is 9.24. The first kappa shape index (κ1) is 12.5. The molecule has 19 heavy (non-hydrogen) atoms. The maximum atomic E-state index is 5.99. The molecule has 2 heterocycles. The van der Waals surface area contributed by atoms with Crippen LogP contribution < -0.4 is 5.73 Å². The largest absolute Gasteiger partial charge is 0.398 e. The van der Waals surface area contributed by atoms with E-state index in [1.165, 1.54) is 0 Å². The van der Waals surface area contributed by atoms with Crippen molar-refractivity contribution >= 4 is 39.0 Å². The standard InChI is InChI=1S/C13H11BrN4S/c14-10-5-4-9(11(15)7-10)8-19-13-17-16-12-3-1-2-6-18(12)13/h1-7H,8,15H2. The minimum Gasteiger partial charge on any atom is -0.398 e. The summed E-state index contributed by atoms with van der Waals surface area (Å²) in [7, 11) is 0. The van der Waals surface area contributed by atoms with Gasteiger partial charge in [0.15, 0.2) is 10.8 Å². The van der Waals surface area contributed by atoms with Crippen LogP contribution in [0, 0.1) is 0 Å². The second-order valence-corrected chi connectivity index (χ2v) is 5.90. The molecule has 0 aliphatic carbocycles. The molecule has 4 nitrogen and oxygen atoms in total. The molecule has 0 spiro atoms. The van der Waals surface area contributed by atoms with E-state index in [1.54, 1.807) is 11.8 Å². The zero-order valence-electron chi connectivity index (χ0n) is 9.95. The number of nitrogen functional groups attached to an aromatic ring is 1. The number of hydrogen-bond acceptors (Lipinski definition) is 4. The van der Waals surface area contributed by atoms with Crippen LogP contribution in [-0.2, 0) is 5.75 Å². The van der Waals surface area contributed by atoms with E-state index in [4.69, 9.17) is 5.73 Å². The molecular formula is C13H11BrN4S. The number of anilines is 1. The molecular weight excluding hydrogens is 324 g/mol. The third-order valence-corrected chi connectivity index (χ3v) is 4.23. The van der Waals surface area contributed by atoms with Crippen molar-refractivity contribution in [3.63, 3.8) is 0 Å². The van der Waals surface area contributed by atoms with Crippen molar-refractivity contribution in [2.45, 2.75) is 10.9 Å². The molecule has 0 saturated heterocycles. The number of hydrogen-bond donors (Lipinski definition) is 1. The number of halogens is 1. The summed E-state index contributed by atoms with van der Waals surface area (Å²) in [5, 5.41) is 9.18. The Morgan fingerprint density at radius 1 is 1.21 bits per heavy atom. The zero-order chi connectivity index (χ0) is 13.2. The molecule has 3 aromatic rings. The SMILES string of the molecule is Nc1cc(Br)ccc1CSc1nnc2ccccn12. The van der Waals surface area contributed by atoms with Crippen LogP contribution in [0.4, 0.5) is 5.69 Å². The number of nitrogens with two attached hydrogens (primary N) is 1. The minimum atomic E-state index is 0.773. The van der Waals surface area contributed by atoms with Gasteiger partial charge in [0.1, 0.15) is 0 Å². The Bertz CT molecular complexity index is 725. The van der Waals surface area contributed by atoms with Gasteiger partial charge in [-0.2, -0.15) is 0 Å².